The lowest BCUT2D eigenvalue weighted by Crippen LogP contribution is -2.39. The summed E-state index contributed by atoms with van der Waals surface area (Å²) in [5, 5.41) is 0. The van der Waals surface area contributed by atoms with E-state index < -0.39 is 11.2 Å². The number of fused-ring (bicyclic) bond motifs is 1. The SMILES string of the molecule is C#CCn1c(=O)c2c(ncn2C#CCCCCC)n(C)c1=O. The second-order valence-corrected chi connectivity index (χ2v) is 4.97. The van der Waals surface area contributed by atoms with E-state index in [1.54, 1.807) is 7.05 Å². The molecule has 0 N–H and O–H groups in total. The van der Waals surface area contributed by atoms with E-state index >= 15 is 0 Å². The summed E-state index contributed by atoms with van der Waals surface area (Å²) >= 11 is 0. The summed E-state index contributed by atoms with van der Waals surface area (Å²) in [6.07, 6.45) is 10.7. The molecule has 0 atom stereocenters. The number of nitrogens with zero attached hydrogens (tertiary/aromatic N) is 4. The van der Waals surface area contributed by atoms with Gasteiger partial charge in [0, 0.05) is 19.5 Å². The molecule has 6 nitrogen and oxygen atoms in total. The first-order valence-corrected chi connectivity index (χ1v) is 7.21. The molecule has 0 radical (unpaired) electrons. The summed E-state index contributed by atoms with van der Waals surface area (Å²) in [7, 11) is 1.56. The van der Waals surface area contributed by atoms with Crippen LogP contribution in [0.5, 0.6) is 0 Å². The Morgan fingerprint density at radius 1 is 1.32 bits per heavy atom. The molecule has 0 spiro atoms. The molecule has 114 valence electrons. The summed E-state index contributed by atoms with van der Waals surface area (Å²) in [6.45, 7) is 2.06. The molecule has 0 saturated heterocycles. The molecular formula is C16H18N4O2. The third-order valence-corrected chi connectivity index (χ3v) is 3.39. The highest BCUT2D eigenvalue weighted by molar-refractivity contribution is 5.71. The molecule has 0 saturated carbocycles. The lowest BCUT2D eigenvalue weighted by molar-refractivity contribution is 0.675. The van der Waals surface area contributed by atoms with Crippen LogP contribution in [0, 0.1) is 24.3 Å². The van der Waals surface area contributed by atoms with Crippen molar-refractivity contribution in [3.05, 3.63) is 27.2 Å². The maximum atomic E-state index is 12.4. The van der Waals surface area contributed by atoms with Gasteiger partial charge >= 0.3 is 5.69 Å². The average Bonchev–Trinajstić information content (AvgIpc) is 2.93. The summed E-state index contributed by atoms with van der Waals surface area (Å²) in [4.78, 5) is 28.6. The van der Waals surface area contributed by atoms with Crippen LogP contribution in [0.15, 0.2) is 15.9 Å². The number of hydrogen-bond acceptors (Lipinski definition) is 3. The van der Waals surface area contributed by atoms with Gasteiger partial charge in [-0.15, -0.1) is 6.42 Å². The Balaban J connectivity index is 2.53. The van der Waals surface area contributed by atoms with E-state index in [1.807, 2.05) is 0 Å². The molecule has 0 aromatic carbocycles. The quantitative estimate of drug-likeness (QED) is 0.623. The fourth-order valence-corrected chi connectivity index (χ4v) is 2.19. The second-order valence-electron chi connectivity index (χ2n) is 4.97. The predicted molar refractivity (Wildman–Crippen MR) is 85.4 cm³/mol. The fraction of sp³-hybridized carbons (Fsp3) is 0.438. The molecule has 0 aliphatic carbocycles. The second kappa shape index (κ2) is 6.82. The van der Waals surface area contributed by atoms with Crippen LogP contribution < -0.4 is 11.2 Å². The largest absolute Gasteiger partial charge is 0.333 e. The first-order valence-electron chi connectivity index (χ1n) is 7.21. The van der Waals surface area contributed by atoms with Gasteiger partial charge < -0.3 is 0 Å². The van der Waals surface area contributed by atoms with Crippen molar-refractivity contribution in [3.8, 4) is 24.3 Å². The van der Waals surface area contributed by atoms with E-state index in [1.165, 1.54) is 15.5 Å². The number of hydrogen-bond donors (Lipinski definition) is 0. The molecule has 0 aliphatic rings. The van der Waals surface area contributed by atoms with Gasteiger partial charge in [-0.25, -0.2) is 14.3 Å². The van der Waals surface area contributed by atoms with Crippen molar-refractivity contribution in [3.63, 3.8) is 0 Å². The number of imidazole rings is 1. The van der Waals surface area contributed by atoms with Crippen LogP contribution in [0.2, 0.25) is 0 Å². The van der Waals surface area contributed by atoms with E-state index in [2.05, 4.69) is 29.8 Å². The Morgan fingerprint density at radius 2 is 2.09 bits per heavy atom. The van der Waals surface area contributed by atoms with Gasteiger partial charge in [0.05, 0.1) is 6.54 Å². The summed E-state index contributed by atoms with van der Waals surface area (Å²) < 4.78 is 3.79. The van der Waals surface area contributed by atoms with Crippen molar-refractivity contribution in [1.29, 1.82) is 0 Å². The molecule has 2 heterocycles. The van der Waals surface area contributed by atoms with E-state index in [0.29, 0.717) is 5.65 Å². The molecule has 0 fully saturated rings. The van der Waals surface area contributed by atoms with Crippen LogP contribution in [-0.2, 0) is 13.6 Å². The molecule has 2 aromatic heterocycles. The zero-order valence-electron chi connectivity index (χ0n) is 12.8. The van der Waals surface area contributed by atoms with Gasteiger partial charge in [-0.1, -0.05) is 31.6 Å². The number of aryl methyl sites for hydroxylation is 1. The molecule has 22 heavy (non-hydrogen) atoms. The van der Waals surface area contributed by atoms with Gasteiger partial charge in [-0.2, -0.15) is 0 Å². The Kier molecular flexibility index (Phi) is 4.85. The highest BCUT2D eigenvalue weighted by atomic mass is 16.2. The van der Waals surface area contributed by atoms with E-state index in [9.17, 15) is 9.59 Å². The Hall–Kier alpha value is -2.73. The van der Waals surface area contributed by atoms with Crippen LogP contribution in [0.25, 0.3) is 11.2 Å². The summed E-state index contributed by atoms with van der Waals surface area (Å²) in [6, 6.07) is 2.91. The average molecular weight is 298 g/mol. The van der Waals surface area contributed by atoms with Crippen LogP contribution in [0.1, 0.15) is 32.6 Å². The first kappa shape index (κ1) is 15.7. The standard InChI is InChI=1S/C16H18N4O2/c1-4-6-7-8-9-11-19-12-17-14-13(19)15(21)20(10-5-2)16(22)18(14)3/h2,12H,4,6-8,10H2,1,3H3. The lowest BCUT2D eigenvalue weighted by atomic mass is 10.2. The smallest absolute Gasteiger partial charge is 0.279 e. The van der Waals surface area contributed by atoms with Gasteiger partial charge in [0.1, 0.15) is 6.33 Å². The summed E-state index contributed by atoms with van der Waals surface area (Å²) in [5.74, 6) is 5.34. The number of unbranched alkanes of at least 4 members (excludes halogenated alkanes) is 3. The predicted octanol–water partition coefficient (Wildman–Crippen LogP) is 0.919. The topological polar surface area (TPSA) is 61.8 Å². The zero-order valence-corrected chi connectivity index (χ0v) is 12.8. The third-order valence-electron chi connectivity index (χ3n) is 3.39. The van der Waals surface area contributed by atoms with Crippen LogP contribution in [0.4, 0.5) is 0 Å². The van der Waals surface area contributed by atoms with Crippen molar-refractivity contribution in [2.45, 2.75) is 39.2 Å². The molecule has 0 bridgehead atoms. The maximum Gasteiger partial charge on any atom is 0.333 e. The minimum atomic E-state index is -0.475. The minimum absolute atomic E-state index is 0.0729. The Labute approximate surface area is 128 Å². The number of rotatable bonds is 4. The highest BCUT2D eigenvalue weighted by Gasteiger charge is 2.14. The minimum Gasteiger partial charge on any atom is -0.279 e. The van der Waals surface area contributed by atoms with Gasteiger partial charge in [-0.3, -0.25) is 13.9 Å². The van der Waals surface area contributed by atoms with E-state index in [-0.39, 0.29) is 12.1 Å². The van der Waals surface area contributed by atoms with Crippen LogP contribution in [-0.4, -0.2) is 18.7 Å². The third kappa shape index (κ3) is 2.82. The van der Waals surface area contributed by atoms with Crippen molar-refractivity contribution in [2.75, 3.05) is 0 Å². The first-order chi connectivity index (χ1) is 10.6. The van der Waals surface area contributed by atoms with Crippen LogP contribution in [0.3, 0.4) is 0 Å². The van der Waals surface area contributed by atoms with Gasteiger partial charge in [0.2, 0.25) is 0 Å². The monoisotopic (exact) mass is 298 g/mol. The van der Waals surface area contributed by atoms with Crippen LogP contribution >= 0.6 is 0 Å². The maximum absolute atomic E-state index is 12.4. The fourth-order valence-electron chi connectivity index (χ4n) is 2.19. The summed E-state index contributed by atoms with van der Waals surface area (Å²) in [5.41, 5.74) is -0.348. The van der Waals surface area contributed by atoms with Gasteiger partial charge in [-0.05, 0) is 6.42 Å². The van der Waals surface area contributed by atoms with Crippen molar-refractivity contribution >= 4 is 11.2 Å². The lowest BCUT2D eigenvalue weighted by Gasteiger charge is -2.04. The van der Waals surface area contributed by atoms with Crippen molar-refractivity contribution < 1.29 is 0 Å². The number of aromatic nitrogens is 4. The molecular weight excluding hydrogens is 280 g/mol. The van der Waals surface area contributed by atoms with E-state index in [4.69, 9.17) is 6.42 Å². The molecule has 0 unspecified atom stereocenters. The van der Waals surface area contributed by atoms with Gasteiger partial charge in [0.25, 0.3) is 5.56 Å². The molecule has 0 amide bonds. The number of terminal acetylenes is 1. The van der Waals surface area contributed by atoms with Crippen molar-refractivity contribution in [2.24, 2.45) is 7.05 Å². The zero-order chi connectivity index (χ0) is 16.1. The Morgan fingerprint density at radius 3 is 2.77 bits per heavy atom. The molecule has 2 rings (SSSR count). The molecule has 0 aliphatic heterocycles. The molecule has 6 heteroatoms. The van der Waals surface area contributed by atoms with E-state index in [0.717, 1.165) is 30.3 Å². The highest BCUT2D eigenvalue weighted by Crippen LogP contribution is 2.04. The Bertz CT molecular complexity index is 897. The molecule has 2 aromatic rings. The van der Waals surface area contributed by atoms with Gasteiger partial charge in [0.15, 0.2) is 11.2 Å². The normalized spacial score (nSPS) is 10.2. The van der Waals surface area contributed by atoms with Crippen molar-refractivity contribution in [1.82, 2.24) is 18.7 Å².